The average Bonchev–Trinajstić information content (AvgIpc) is 2.49. The largest absolute Gasteiger partial charge is 0.395 e. The fraction of sp³-hybridized carbons (Fsp3) is 0.250. The van der Waals surface area contributed by atoms with Crippen LogP contribution in [-0.4, -0.2) is 22.9 Å². The van der Waals surface area contributed by atoms with Gasteiger partial charge in [0.25, 0.3) is 0 Å². The van der Waals surface area contributed by atoms with Crippen molar-refractivity contribution in [1.29, 1.82) is 0 Å². The highest BCUT2D eigenvalue weighted by Crippen LogP contribution is 2.16. The zero-order chi connectivity index (χ0) is 13.5. The van der Waals surface area contributed by atoms with Gasteiger partial charge in [-0.2, -0.15) is 0 Å². The van der Waals surface area contributed by atoms with Crippen LogP contribution in [0.4, 0.5) is 0 Å². The molecule has 2 atom stereocenters. The van der Waals surface area contributed by atoms with Crippen molar-refractivity contribution in [2.45, 2.75) is 18.7 Å². The molecule has 0 saturated carbocycles. The Morgan fingerprint density at radius 3 is 2.05 bits per heavy atom. The van der Waals surface area contributed by atoms with Gasteiger partial charge in [0, 0.05) is 6.54 Å². The number of benzene rings is 2. The SMILES string of the molecule is OC[C@H](NCc1ccccc1)[C@@H](O)c1ccccc1. The van der Waals surface area contributed by atoms with E-state index < -0.39 is 6.10 Å². The van der Waals surface area contributed by atoms with E-state index >= 15 is 0 Å². The molecule has 3 N–H and O–H groups in total. The zero-order valence-electron chi connectivity index (χ0n) is 10.7. The van der Waals surface area contributed by atoms with Gasteiger partial charge >= 0.3 is 0 Å². The van der Waals surface area contributed by atoms with Gasteiger partial charge in [-0.1, -0.05) is 60.7 Å². The molecule has 0 heterocycles. The first-order valence-corrected chi connectivity index (χ1v) is 6.42. The molecule has 2 aromatic carbocycles. The molecule has 0 aromatic heterocycles. The van der Waals surface area contributed by atoms with Gasteiger partial charge in [-0.05, 0) is 11.1 Å². The summed E-state index contributed by atoms with van der Waals surface area (Å²) in [4.78, 5) is 0. The summed E-state index contributed by atoms with van der Waals surface area (Å²) in [5, 5.41) is 22.8. The minimum Gasteiger partial charge on any atom is -0.395 e. The van der Waals surface area contributed by atoms with E-state index in [0.29, 0.717) is 6.54 Å². The molecule has 2 rings (SSSR count). The number of hydrogen-bond donors (Lipinski definition) is 3. The third-order valence-corrected chi connectivity index (χ3v) is 3.13. The molecule has 100 valence electrons. The molecule has 0 aliphatic rings. The highest BCUT2D eigenvalue weighted by atomic mass is 16.3. The smallest absolute Gasteiger partial charge is 0.0965 e. The number of aliphatic hydroxyl groups is 2. The molecular formula is C16H19NO2. The van der Waals surface area contributed by atoms with Crippen LogP contribution in [0.25, 0.3) is 0 Å². The lowest BCUT2D eigenvalue weighted by molar-refractivity contribution is 0.0892. The summed E-state index contributed by atoms with van der Waals surface area (Å²) in [6.45, 7) is 0.513. The van der Waals surface area contributed by atoms with Crippen LogP contribution in [0.2, 0.25) is 0 Å². The summed E-state index contributed by atoms with van der Waals surface area (Å²) in [5.41, 5.74) is 1.93. The van der Waals surface area contributed by atoms with Crippen molar-refractivity contribution in [2.75, 3.05) is 6.61 Å². The summed E-state index contributed by atoms with van der Waals surface area (Å²) >= 11 is 0. The topological polar surface area (TPSA) is 52.5 Å². The Balaban J connectivity index is 1.97. The summed E-state index contributed by atoms with van der Waals surface area (Å²) < 4.78 is 0. The van der Waals surface area contributed by atoms with Crippen LogP contribution in [0.15, 0.2) is 60.7 Å². The molecule has 0 aliphatic carbocycles. The van der Waals surface area contributed by atoms with Crippen LogP contribution in [0.5, 0.6) is 0 Å². The molecule has 3 nitrogen and oxygen atoms in total. The van der Waals surface area contributed by atoms with Crippen LogP contribution in [0, 0.1) is 0 Å². The Morgan fingerprint density at radius 1 is 0.895 bits per heavy atom. The van der Waals surface area contributed by atoms with Gasteiger partial charge in [-0.3, -0.25) is 0 Å². The van der Waals surface area contributed by atoms with Gasteiger partial charge < -0.3 is 15.5 Å². The summed E-state index contributed by atoms with van der Waals surface area (Å²) in [6.07, 6.45) is -0.713. The molecule has 0 bridgehead atoms. The van der Waals surface area contributed by atoms with Crippen molar-refractivity contribution in [3.05, 3.63) is 71.8 Å². The Bertz CT molecular complexity index is 473. The van der Waals surface area contributed by atoms with Gasteiger partial charge in [0.05, 0.1) is 18.8 Å². The van der Waals surface area contributed by atoms with E-state index in [1.165, 1.54) is 0 Å². The first-order chi connectivity index (χ1) is 9.31. The van der Waals surface area contributed by atoms with Gasteiger partial charge in [0.2, 0.25) is 0 Å². The van der Waals surface area contributed by atoms with Gasteiger partial charge in [0.15, 0.2) is 0 Å². The van der Waals surface area contributed by atoms with Crippen molar-refractivity contribution in [1.82, 2.24) is 5.32 Å². The maximum Gasteiger partial charge on any atom is 0.0965 e. The summed E-state index contributed by atoms with van der Waals surface area (Å²) in [5.74, 6) is 0. The molecule has 0 unspecified atom stereocenters. The average molecular weight is 257 g/mol. The van der Waals surface area contributed by atoms with Gasteiger partial charge in [-0.15, -0.1) is 0 Å². The highest BCUT2D eigenvalue weighted by Gasteiger charge is 2.19. The van der Waals surface area contributed by atoms with E-state index in [2.05, 4.69) is 5.32 Å². The molecule has 19 heavy (non-hydrogen) atoms. The van der Waals surface area contributed by atoms with Crippen LogP contribution < -0.4 is 5.32 Å². The van der Waals surface area contributed by atoms with E-state index in [1.807, 2.05) is 60.7 Å². The van der Waals surface area contributed by atoms with E-state index in [1.54, 1.807) is 0 Å². The Hall–Kier alpha value is -1.68. The number of hydrogen-bond acceptors (Lipinski definition) is 3. The van der Waals surface area contributed by atoms with Crippen LogP contribution in [0.3, 0.4) is 0 Å². The predicted molar refractivity (Wildman–Crippen MR) is 75.6 cm³/mol. The van der Waals surface area contributed by atoms with E-state index in [9.17, 15) is 10.2 Å². The van der Waals surface area contributed by atoms with Crippen LogP contribution in [-0.2, 0) is 6.54 Å². The van der Waals surface area contributed by atoms with E-state index in [4.69, 9.17) is 0 Å². The second-order valence-electron chi connectivity index (χ2n) is 4.51. The standard InChI is InChI=1S/C16H19NO2/c18-12-15(16(19)14-9-5-2-6-10-14)17-11-13-7-3-1-4-8-13/h1-10,15-19H,11-12H2/t15-,16-/m0/s1. The van der Waals surface area contributed by atoms with E-state index in [0.717, 1.165) is 11.1 Å². The molecule has 0 saturated heterocycles. The zero-order valence-corrected chi connectivity index (χ0v) is 10.7. The first-order valence-electron chi connectivity index (χ1n) is 6.42. The van der Waals surface area contributed by atoms with Gasteiger partial charge in [-0.25, -0.2) is 0 Å². The van der Waals surface area contributed by atoms with E-state index in [-0.39, 0.29) is 12.6 Å². The first kappa shape index (κ1) is 13.7. The number of aliphatic hydroxyl groups excluding tert-OH is 2. The molecule has 0 amide bonds. The lowest BCUT2D eigenvalue weighted by atomic mass is 10.0. The molecule has 0 fully saturated rings. The Morgan fingerprint density at radius 2 is 1.47 bits per heavy atom. The Kier molecular flexibility index (Phi) is 5.10. The second kappa shape index (κ2) is 7.04. The minimum atomic E-state index is -0.713. The summed E-state index contributed by atoms with van der Waals surface area (Å²) in [7, 11) is 0. The second-order valence-corrected chi connectivity index (χ2v) is 4.51. The van der Waals surface area contributed by atoms with Gasteiger partial charge in [0.1, 0.15) is 0 Å². The fourth-order valence-electron chi connectivity index (χ4n) is 2.00. The molecule has 0 aliphatic heterocycles. The molecule has 3 heteroatoms. The predicted octanol–water partition coefficient (Wildman–Crippen LogP) is 1.87. The van der Waals surface area contributed by atoms with Crippen molar-refractivity contribution in [2.24, 2.45) is 0 Å². The monoisotopic (exact) mass is 257 g/mol. The molecule has 2 aromatic rings. The lowest BCUT2D eigenvalue weighted by Crippen LogP contribution is -2.37. The van der Waals surface area contributed by atoms with Crippen molar-refractivity contribution >= 4 is 0 Å². The molecular weight excluding hydrogens is 238 g/mol. The highest BCUT2D eigenvalue weighted by molar-refractivity contribution is 5.19. The maximum absolute atomic E-state index is 10.2. The van der Waals surface area contributed by atoms with Crippen molar-refractivity contribution in [3.63, 3.8) is 0 Å². The minimum absolute atomic E-state index is 0.108. The Labute approximate surface area is 113 Å². The number of nitrogens with one attached hydrogen (secondary N) is 1. The lowest BCUT2D eigenvalue weighted by Gasteiger charge is -2.22. The third kappa shape index (κ3) is 3.89. The van der Waals surface area contributed by atoms with Crippen LogP contribution >= 0.6 is 0 Å². The molecule has 0 radical (unpaired) electrons. The maximum atomic E-state index is 10.2. The normalized spacial score (nSPS) is 14.0. The fourth-order valence-corrected chi connectivity index (χ4v) is 2.00. The number of rotatable bonds is 6. The quantitative estimate of drug-likeness (QED) is 0.740. The van der Waals surface area contributed by atoms with Crippen molar-refractivity contribution < 1.29 is 10.2 Å². The molecule has 0 spiro atoms. The summed E-state index contributed by atoms with van der Waals surface area (Å²) in [6, 6.07) is 18.9. The van der Waals surface area contributed by atoms with Crippen LogP contribution in [0.1, 0.15) is 17.2 Å². The third-order valence-electron chi connectivity index (χ3n) is 3.13. The van der Waals surface area contributed by atoms with Crippen molar-refractivity contribution in [3.8, 4) is 0 Å².